The van der Waals surface area contributed by atoms with Crippen LogP contribution in [0.4, 0.5) is 0 Å². The topological polar surface area (TPSA) is 26.3 Å². The van der Waals surface area contributed by atoms with Crippen LogP contribution in [-0.4, -0.2) is 5.97 Å². The van der Waals surface area contributed by atoms with Crippen molar-refractivity contribution in [2.45, 2.75) is 6.92 Å². The fourth-order valence-corrected chi connectivity index (χ4v) is 4.02. The number of benzene rings is 3. The third-order valence-corrected chi connectivity index (χ3v) is 5.24. The minimum Gasteiger partial charge on any atom is -0.423 e. The lowest BCUT2D eigenvalue weighted by atomic mass is 9.95. The van der Waals surface area contributed by atoms with E-state index < -0.39 is 5.97 Å². The molecule has 5 rings (SSSR count). The number of esters is 1. The van der Waals surface area contributed by atoms with E-state index in [4.69, 9.17) is 4.74 Å². The van der Waals surface area contributed by atoms with Gasteiger partial charge in [-0.3, -0.25) is 0 Å². The van der Waals surface area contributed by atoms with Gasteiger partial charge in [0.2, 0.25) is 0 Å². The molecule has 2 aliphatic rings. The second-order valence-corrected chi connectivity index (χ2v) is 7.11. The molecule has 3 aromatic carbocycles. The summed E-state index contributed by atoms with van der Waals surface area (Å²) in [5, 5.41) is 6.68. The van der Waals surface area contributed by atoms with Gasteiger partial charge in [0.15, 0.2) is 0 Å². The summed E-state index contributed by atoms with van der Waals surface area (Å²) in [6.07, 6.45) is 0. The van der Waals surface area contributed by atoms with Gasteiger partial charge in [-0.05, 0) is 57.1 Å². The first-order valence-corrected chi connectivity index (χ1v) is 9.28. The normalized spacial score (nSPS) is 11.3. The third-order valence-electron chi connectivity index (χ3n) is 5.24. The van der Waals surface area contributed by atoms with E-state index in [-0.39, 0.29) is 0 Å². The molecule has 0 spiro atoms. The van der Waals surface area contributed by atoms with E-state index >= 15 is 0 Å². The first-order valence-electron chi connectivity index (χ1n) is 9.28. The Hall–Kier alpha value is -3.65. The predicted molar refractivity (Wildman–Crippen MR) is 116 cm³/mol. The van der Waals surface area contributed by atoms with E-state index in [0.717, 1.165) is 21.5 Å². The Morgan fingerprint density at radius 3 is 2.25 bits per heavy atom. The van der Waals surface area contributed by atoms with Crippen LogP contribution in [0.25, 0.3) is 43.4 Å². The number of ether oxygens (including phenoxy) is 1. The smallest absolute Gasteiger partial charge is 0.338 e. The summed E-state index contributed by atoms with van der Waals surface area (Å²) in [6, 6.07) is 26.9. The fraction of sp³-hybridized carbons (Fsp3) is 0.0385. The molecule has 0 bridgehead atoms. The Morgan fingerprint density at radius 1 is 0.750 bits per heavy atom. The van der Waals surface area contributed by atoms with Crippen LogP contribution >= 0.6 is 0 Å². The summed E-state index contributed by atoms with van der Waals surface area (Å²) >= 11 is 0. The number of carbonyl (C=O) groups excluding carboxylic acids is 1. The molecular weight excluding hydrogens is 344 g/mol. The van der Waals surface area contributed by atoms with Gasteiger partial charge in [0.1, 0.15) is 5.75 Å². The number of carbonyl (C=O) groups is 1. The molecule has 0 N–H and O–H groups in total. The highest BCUT2D eigenvalue weighted by molar-refractivity contribution is 6.31. The van der Waals surface area contributed by atoms with Crippen molar-refractivity contribution in [3.8, 4) is 16.9 Å². The summed E-state index contributed by atoms with van der Waals surface area (Å²) in [5.74, 6) is 0.164. The highest BCUT2D eigenvalue weighted by Gasteiger charge is 2.19. The molecule has 28 heavy (non-hydrogen) atoms. The van der Waals surface area contributed by atoms with Gasteiger partial charge < -0.3 is 4.74 Å². The second kappa shape index (κ2) is 6.21. The monoisotopic (exact) mass is 362 g/mol. The molecule has 0 unspecified atom stereocenters. The maximum atomic E-state index is 12.2. The summed E-state index contributed by atoms with van der Waals surface area (Å²) in [7, 11) is 0. The summed E-state index contributed by atoms with van der Waals surface area (Å²) in [4.78, 5) is 12.2. The molecule has 134 valence electrons. The van der Waals surface area contributed by atoms with Crippen LogP contribution in [-0.2, 0) is 4.79 Å². The quantitative estimate of drug-likeness (QED) is 0.151. The summed E-state index contributed by atoms with van der Waals surface area (Å²) in [6.45, 7) is 5.37. The van der Waals surface area contributed by atoms with Crippen LogP contribution in [0.15, 0.2) is 91.0 Å². The molecule has 0 aromatic heterocycles. The molecular formula is C26H18O2. The Morgan fingerprint density at radius 2 is 1.43 bits per heavy atom. The van der Waals surface area contributed by atoms with Gasteiger partial charge in [-0.15, -0.1) is 0 Å². The Bertz CT molecular complexity index is 1380. The Labute approximate surface area is 163 Å². The van der Waals surface area contributed by atoms with E-state index in [1.807, 2.05) is 30.3 Å². The lowest BCUT2D eigenvalue weighted by Crippen LogP contribution is -2.08. The Kier molecular flexibility index (Phi) is 3.66. The number of hydrogen-bond donors (Lipinski definition) is 0. The number of fused-ring (bicyclic) bond motifs is 8. The molecule has 0 saturated carbocycles. The molecule has 3 aromatic rings. The zero-order valence-electron chi connectivity index (χ0n) is 15.5. The minimum atomic E-state index is -0.406. The van der Waals surface area contributed by atoms with Crippen LogP contribution in [0, 0.1) is 0 Å². The number of rotatable bonds is 2. The molecule has 0 aliphatic heterocycles. The average Bonchev–Trinajstić information content (AvgIpc) is 2.90. The SMILES string of the molecule is C=C(C)C(=O)Oc1cccc2c3ccccc3c3c4cccccc-4cc3c12. The number of hydrogen-bond acceptors (Lipinski definition) is 2. The van der Waals surface area contributed by atoms with E-state index in [9.17, 15) is 4.79 Å². The maximum absolute atomic E-state index is 12.2. The first kappa shape index (κ1) is 16.5. The van der Waals surface area contributed by atoms with Gasteiger partial charge in [0, 0.05) is 11.0 Å². The van der Waals surface area contributed by atoms with Crippen molar-refractivity contribution < 1.29 is 9.53 Å². The van der Waals surface area contributed by atoms with E-state index in [1.54, 1.807) is 6.92 Å². The van der Waals surface area contributed by atoms with E-state index in [1.165, 1.54) is 21.9 Å². The molecule has 0 radical (unpaired) electrons. The van der Waals surface area contributed by atoms with Gasteiger partial charge >= 0.3 is 5.97 Å². The lowest BCUT2D eigenvalue weighted by molar-refractivity contribution is -0.129. The van der Waals surface area contributed by atoms with Crippen LogP contribution < -0.4 is 4.74 Å². The summed E-state index contributed by atoms with van der Waals surface area (Å²) in [5.41, 5.74) is 2.74. The Balaban J connectivity index is 2.01. The third kappa shape index (κ3) is 2.39. The van der Waals surface area contributed by atoms with Gasteiger partial charge in [-0.25, -0.2) is 4.79 Å². The van der Waals surface area contributed by atoms with Crippen LogP contribution in [0.2, 0.25) is 0 Å². The molecule has 0 saturated heterocycles. The van der Waals surface area contributed by atoms with Crippen molar-refractivity contribution in [3.05, 3.63) is 91.0 Å². The van der Waals surface area contributed by atoms with Crippen LogP contribution in [0.1, 0.15) is 6.92 Å². The second-order valence-electron chi connectivity index (χ2n) is 7.11. The van der Waals surface area contributed by atoms with Crippen molar-refractivity contribution in [3.63, 3.8) is 0 Å². The predicted octanol–water partition coefficient (Wildman–Crippen LogP) is 6.73. The standard InChI is InChI=1S/C26H18O2/c1-16(2)26(27)28-23-14-8-13-21-19-11-6-7-12-20(19)24-18-10-5-3-4-9-17(18)15-22(24)25(21)23/h3-15H,1H2,2H3. The zero-order valence-corrected chi connectivity index (χ0v) is 15.5. The van der Waals surface area contributed by atoms with Gasteiger partial charge in [0.25, 0.3) is 0 Å². The highest BCUT2D eigenvalue weighted by atomic mass is 16.5. The highest BCUT2D eigenvalue weighted by Crippen LogP contribution is 2.45. The van der Waals surface area contributed by atoms with Crippen molar-refractivity contribution in [1.82, 2.24) is 0 Å². The average molecular weight is 362 g/mol. The molecule has 0 heterocycles. The maximum Gasteiger partial charge on any atom is 0.338 e. The zero-order chi connectivity index (χ0) is 19.3. The van der Waals surface area contributed by atoms with Crippen molar-refractivity contribution in [2.75, 3.05) is 0 Å². The molecule has 2 aliphatic carbocycles. The van der Waals surface area contributed by atoms with Crippen molar-refractivity contribution in [1.29, 1.82) is 0 Å². The van der Waals surface area contributed by atoms with Gasteiger partial charge in [0.05, 0.1) is 0 Å². The minimum absolute atomic E-state index is 0.383. The molecule has 0 fully saturated rings. The molecule has 0 atom stereocenters. The first-order chi connectivity index (χ1) is 13.6. The van der Waals surface area contributed by atoms with Gasteiger partial charge in [-0.1, -0.05) is 73.3 Å². The van der Waals surface area contributed by atoms with Crippen LogP contribution in [0.3, 0.4) is 0 Å². The summed E-state index contributed by atoms with van der Waals surface area (Å²) < 4.78 is 5.72. The molecule has 0 amide bonds. The van der Waals surface area contributed by atoms with Crippen LogP contribution in [0.5, 0.6) is 5.75 Å². The molecule has 2 heteroatoms. The van der Waals surface area contributed by atoms with Crippen molar-refractivity contribution >= 4 is 38.3 Å². The van der Waals surface area contributed by atoms with Crippen molar-refractivity contribution in [2.24, 2.45) is 0 Å². The largest absolute Gasteiger partial charge is 0.423 e. The lowest BCUT2D eigenvalue weighted by Gasteiger charge is -2.12. The van der Waals surface area contributed by atoms with E-state index in [0.29, 0.717) is 11.3 Å². The van der Waals surface area contributed by atoms with Gasteiger partial charge in [-0.2, -0.15) is 0 Å². The van der Waals surface area contributed by atoms with E-state index in [2.05, 4.69) is 55.1 Å². The molecule has 2 nitrogen and oxygen atoms in total. The fourth-order valence-electron chi connectivity index (χ4n) is 4.02.